The lowest BCUT2D eigenvalue weighted by Crippen LogP contribution is -2.12. The van der Waals surface area contributed by atoms with E-state index in [4.69, 9.17) is 10.5 Å². The summed E-state index contributed by atoms with van der Waals surface area (Å²) < 4.78 is 17.4. The second-order valence-corrected chi connectivity index (χ2v) is 5.81. The van der Waals surface area contributed by atoms with Crippen molar-refractivity contribution in [3.05, 3.63) is 18.2 Å². The van der Waals surface area contributed by atoms with E-state index < -0.39 is 10.8 Å². The zero-order chi connectivity index (χ0) is 11.5. The molecule has 3 nitrogen and oxygen atoms in total. The lowest BCUT2D eigenvalue weighted by atomic mass is 10.3. The van der Waals surface area contributed by atoms with Gasteiger partial charge in [-0.25, -0.2) is 0 Å². The third kappa shape index (κ3) is 2.21. The van der Waals surface area contributed by atoms with Gasteiger partial charge in [0.05, 0.1) is 22.8 Å². The van der Waals surface area contributed by atoms with Crippen LogP contribution in [0.2, 0.25) is 0 Å². The number of ether oxygens (including phenoxy) is 1. The highest BCUT2D eigenvalue weighted by molar-refractivity contribution is 7.85. The molecule has 88 valence electrons. The zero-order valence-corrected chi connectivity index (χ0v) is 10.3. The lowest BCUT2D eigenvalue weighted by Gasteiger charge is -2.12. The lowest BCUT2D eigenvalue weighted by molar-refractivity contribution is 0.413. The minimum Gasteiger partial charge on any atom is -0.497 e. The summed E-state index contributed by atoms with van der Waals surface area (Å²) in [6.45, 7) is 0. The van der Waals surface area contributed by atoms with E-state index in [1.807, 2.05) is 0 Å². The molecule has 1 aliphatic carbocycles. The predicted molar refractivity (Wildman–Crippen MR) is 66.1 cm³/mol. The van der Waals surface area contributed by atoms with Crippen LogP contribution in [-0.4, -0.2) is 16.6 Å². The molecule has 0 aliphatic heterocycles. The number of anilines is 1. The molecule has 0 radical (unpaired) electrons. The maximum Gasteiger partial charge on any atom is 0.120 e. The van der Waals surface area contributed by atoms with Gasteiger partial charge in [0.2, 0.25) is 0 Å². The Morgan fingerprint density at radius 3 is 2.69 bits per heavy atom. The van der Waals surface area contributed by atoms with Gasteiger partial charge in [-0.1, -0.05) is 12.8 Å². The van der Waals surface area contributed by atoms with Crippen LogP contribution < -0.4 is 10.5 Å². The van der Waals surface area contributed by atoms with Gasteiger partial charge in [0.15, 0.2) is 0 Å². The van der Waals surface area contributed by atoms with E-state index in [0.29, 0.717) is 5.69 Å². The summed E-state index contributed by atoms with van der Waals surface area (Å²) >= 11 is 0. The van der Waals surface area contributed by atoms with Crippen molar-refractivity contribution < 1.29 is 8.95 Å². The van der Waals surface area contributed by atoms with Gasteiger partial charge in [0.1, 0.15) is 5.75 Å². The summed E-state index contributed by atoms with van der Waals surface area (Å²) in [6, 6.07) is 5.36. The first kappa shape index (κ1) is 11.5. The van der Waals surface area contributed by atoms with Crippen molar-refractivity contribution in [3.8, 4) is 5.75 Å². The van der Waals surface area contributed by atoms with Gasteiger partial charge in [-0.2, -0.15) is 0 Å². The van der Waals surface area contributed by atoms with E-state index >= 15 is 0 Å². The summed E-state index contributed by atoms with van der Waals surface area (Å²) in [4.78, 5) is 0.728. The number of nitrogen functional groups attached to an aromatic ring is 1. The Kier molecular flexibility index (Phi) is 3.49. The molecule has 4 heteroatoms. The van der Waals surface area contributed by atoms with E-state index in [1.54, 1.807) is 25.3 Å². The number of benzene rings is 1. The Morgan fingerprint density at radius 2 is 2.06 bits per heavy atom. The molecule has 0 aromatic heterocycles. The minimum atomic E-state index is -0.987. The highest BCUT2D eigenvalue weighted by atomic mass is 32.2. The first-order chi connectivity index (χ1) is 7.72. The number of methoxy groups -OCH3 is 1. The van der Waals surface area contributed by atoms with Gasteiger partial charge in [-0.05, 0) is 31.0 Å². The van der Waals surface area contributed by atoms with Gasteiger partial charge < -0.3 is 10.5 Å². The van der Waals surface area contributed by atoms with E-state index in [0.717, 1.165) is 23.5 Å². The fraction of sp³-hybridized carbons (Fsp3) is 0.500. The van der Waals surface area contributed by atoms with E-state index in [2.05, 4.69) is 0 Å². The van der Waals surface area contributed by atoms with Crippen LogP contribution in [0.1, 0.15) is 25.7 Å². The third-order valence-corrected chi connectivity index (χ3v) is 4.91. The highest BCUT2D eigenvalue weighted by Crippen LogP contribution is 2.31. The van der Waals surface area contributed by atoms with E-state index in [1.165, 1.54) is 12.8 Å². The second-order valence-electron chi connectivity index (χ2n) is 4.11. The summed E-state index contributed by atoms with van der Waals surface area (Å²) in [5, 5.41) is 0.273. The zero-order valence-electron chi connectivity index (χ0n) is 9.44. The van der Waals surface area contributed by atoms with Crippen LogP contribution in [0.5, 0.6) is 5.75 Å². The molecule has 0 amide bonds. The maximum atomic E-state index is 12.3. The summed E-state index contributed by atoms with van der Waals surface area (Å²) in [7, 11) is 0.618. The topological polar surface area (TPSA) is 52.3 Å². The first-order valence-electron chi connectivity index (χ1n) is 5.56. The molecule has 0 spiro atoms. The predicted octanol–water partition coefficient (Wildman–Crippen LogP) is 2.33. The van der Waals surface area contributed by atoms with Crippen molar-refractivity contribution in [2.45, 2.75) is 35.8 Å². The highest BCUT2D eigenvalue weighted by Gasteiger charge is 2.24. The number of hydrogen-bond acceptors (Lipinski definition) is 3. The van der Waals surface area contributed by atoms with Crippen molar-refractivity contribution in [2.24, 2.45) is 0 Å². The SMILES string of the molecule is COc1ccc(N)c(S(=O)C2CCCC2)c1. The molecule has 1 saturated carbocycles. The fourth-order valence-electron chi connectivity index (χ4n) is 2.10. The quantitative estimate of drug-likeness (QED) is 0.824. The van der Waals surface area contributed by atoms with Gasteiger partial charge in [0, 0.05) is 10.9 Å². The normalized spacial score (nSPS) is 18.6. The molecule has 1 unspecified atom stereocenters. The Labute approximate surface area is 98.4 Å². The molecular formula is C12H17NO2S. The molecule has 1 aliphatic rings. The molecule has 1 fully saturated rings. The Hall–Kier alpha value is -1.03. The first-order valence-corrected chi connectivity index (χ1v) is 6.78. The molecule has 0 heterocycles. The molecule has 2 N–H and O–H groups in total. The average Bonchev–Trinajstić information content (AvgIpc) is 2.82. The smallest absolute Gasteiger partial charge is 0.120 e. The fourth-order valence-corrected chi connectivity index (χ4v) is 3.75. The molecule has 2 rings (SSSR count). The molecule has 1 aromatic rings. The van der Waals surface area contributed by atoms with Crippen LogP contribution in [0.4, 0.5) is 5.69 Å². The summed E-state index contributed by atoms with van der Waals surface area (Å²) in [5.41, 5.74) is 6.47. The Bertz CT molecular complexity index is 400. The van der Waals surface area contributed by atoms with Crippen LogP contribution >= 0.6 is 0 Å². The monoisotopic (exact) mass is 239 g/mol. The maximum absolute atomic E-state index is 12.3. The molecule has 0 saturated heterocycles. The van der Waals surface area contributed by atoms with E-state index in [-0.39, 0.29) is 5.25 Å². The number of hydrogen-bond donors (Lipinski definition) is 1. The minimum absolute atomic E-state index is 0.273. The van der Waals surface area contributed by atoms with Crippen molar-refractivity contribution in [1.82, 2.24) is 0 Å². The molecule has 1 atom stereocenters. The third-order valence-electron chi connectivity index (χ3n) is 3.04. The average molecular weight is 239 g/mol. The summed E-state index contributed by atoms with van der Waals surface area (Å²) in [5.74, 6) is 0.718. The molecule has 1 aromatic carbocycles. The largest absolute Gasteiger partial charge is 0.497 e. The van der Waals surface area contributed by atoms with Gasteiger partial charge in [-0.15, -0.1) is 0 Å². The van der Waals surface area contributed by atoms with Gasteiger partial charge >= 0.3 is 0 Å². The van der Waals surface area contributed by atoms with Crippen molar-refractivity contribution >= 4 is 16.5 Å². The van der Waals surface area contributed by atoms with Crippen LogP contribution in [0.15, 0.2) is 23.1 Å². The number of nitrogens with two attached hydrogens (primary N) is 1. The molecule has 0 bridgehead atoms. The van der Waals surface area contributed by atoms with Gasteiger partial charge in [-0.3, -0.25) is 4.21 Å². The van der Waals surface area contributed by atoms with Crippen molar-refractivity contribution in [2.75, 3.05) is 12.8 Å². The van der Waals surface area contributed by atoms with Crippen molar-refractivity contribution in [1.29, 1.82) is 0 Å². The molecule has 16 heavy (non-hydrogen) atoms. The van der Waals surface area contributed by atoms with Gasteiger partial charge in [0.25, 0.3) is 0 Å². The second kappa shape index (κ2) is 4.87. The Morgan fingerprint density at radius 1 is 1.38 bits per heavy atom. The van der Waals surface area contributed by atoms with Crippen LogP contribution in [0.25, 0.3) is 0 Å². The van der Waals surface area contributed by atoms with E-state index in [9.17, 15) is 4.21 Å². The Balaban J connectivity index is 2.27. The van der Waals surface area contributed by atoms with Crippen LogP contribution in [-0.2, 0) is 10.8 Å². The standard InChI is InChI=1S/C12H17NO2S/c1-15-9-6-7-11(13)12(8-9)16(14)10-4-2-3-5-10/h6-8,10H,2-5,13H2,1H3. The van der Waals surface area contributed by atoms with Crippen molar-refractivity contribution in [3.63, 3.8) is 0 Å². The number of rotatable bonds is 3. The van der Waals surface area contributed by atoms with Crippen LogP contribution in [0.3, 0.4) is 0 Å². The molecular weight excluding hydrogens is 222 g/mol. The van der Waals surface area contributed by atoms with Crippen LogP contribution in [0, 0.1) is 0 Å². The summed E-state index contributed by atoms with van der Waals surface area (Å²) in [6.07, 6.45) is 4.45.